The summed E-state index contributed by atoms with van der Waals surface area (Å²) in [6, 6.07) is 10.3. The summed E-state index contributed by atoms with van der Waals surface area (Å²) >= 11 is 1.66. The summed E-state index contributed by atoms with van der Waals surface area (Å²) in [5.74, 6) is -0.110. The Morgan fingerprint density at radius 2 is 2.15 bits per heavy atom. The smallest absolute Gasteiger partial charge is 0.271 e. The number of carbonyl (C=O) groups excluding carboxylic acids is 1. The van der Waals surface area contributed by atoms with E-state index in [2.05, 4.69) is 32.7 Å². The number of benzene rings is 1. The first-order valence-electron chi connectivity index (χ1n) is 8.74. The third-order valence-electron chi connectivity index (χ3n) is 4.53. The average molecular weight is 367 g/mol. The van der Waals surface area contributed by atoms with Crippen molar-refractivity contribution in [2.45, 2.75) is 18.9 Å². The monoisotopic (exact) mass is 367 g/mol. The number of anilines is 1. The fraction of sp³-hybridized carbons (Fsp3) is 0.316. The standard InChI is InChI=1S/C19H21N5OS/c1-23-11-16(20-13-23)18(25)21-15-8-5-9-24(10-15)19-22-17(12-26-19)14-6-3-2-4-7-14/h2-4,6-7,11-13,15H,5,8-10H2,1H3,(H,21,25). The van der Waals surface area contributed by atoms with Crippen LogP contribution in [0.2, 0.25) is 0 Å². The topological polar surface area (TPSA) is 63.1 Å². The Bertz CT molecular complexity index is 888. The van der Waals surface area contributed by atoms with Gasteiger partial charge in [0.1, 0.15) is 5.69 Å². The van der Waals surface area contributed by atoms with E-state index in [1.165, 1.54) is 0 Å². The molecule has 134 valence electrons. The Labute approximate surface area is 156 Å². The zero-order chi connectivity index (χ0) is 17.9. The molecule has 1 aliphatic heterocycles. The van der Waals surface area contributed by atoms with Gasteiger partial charge in [0.2, 0.25) is 0 Å². The zero-order valence-electron chi connectivity index (χ0n) is 14.6. The highest BCUT2D eigenvalue weighted by molar-refractivity contribution is 7.14. The second kappa shape index (κ2) is 7.29. The summed E-state index contributed by atoms with van der Waals surface area (Å²) in [6.45, 7) is 1.75. The number of amides is 1. The van der Waals surface area contributed by atoms with Gasteiger partial charge in [-0.2, -0.15) is 0 Å². The summed E-state index contributed by atoms with van der Waals surface area (Å²) < 4.78 is 1.78. The molecule has 0 radical (unpaired) electrons. The maximum absolute atomic E-state index is 12.3. The minimum Gasteiger partial charge on any atom is -0.346 e. The predicted octanol–water partition coefficient (Wildman–Crippen LogP) is 2.94. The number of nitrogens with zero attached hydrogens (tertiary/aromatic N) is 4. The maximum Gasteiger partial charge on any atom is 0.271 e. The molecule has 26 heavy (non-hydrogen) atoms. The molecule has 1 N–H and O–H groups in total. The lowest BCUT2D eigenvalue weighted by Gasteiger charge is -2.32. The molecular weight excluding hydrogens is 346 g/mol. The van der Waals surface area contributed by atoms with Crippen molar-refractivity contribution in [1.82, 2.24) is 19.9 Å². The molecule has 0 bridgehead atoms. The number of aromatic nitrogens is 3. The van der Waals surface area contributed by atoms with E-state index in [0.29, 0.717) is 5.69 Å². The molecule has 0 aliphatic carbocycles. The minimum atomic E-state index is -0.110. The molecule has 1 aliphatic rings. The number of rotatable bonds is 4. The van der Waals surface area contributed by atoms with Crippen LogP contribution in [-0.2, 0) is 7.05 Å². The molecule has 1 atom stereocenters. The quantitative estimate of drug-likeness (QED) is 0.770. The van der Waals surface area contributed by atoms with Gasteiger partial charge in [-0.3, -0.25) is 4.79 Å². The van der Waals surface area contributed by atoms with E-state index in [9.17, 15) is 4.79 Å². The van der Waals surface area contributed by atoms with Crippen LogP contribution in [0.25, 0.3) is 11.3 Å². The summed E-state index contributed by atoms with van der Waals surface area (Å²) in [4.78, 5) is 23.5. The molecule has 1 fully saturated rings. The molecule has 1 saturated heterocycles. The fourth-order valence-corrected chi connectivity index (χ4v) is 4.08. The minimum absolute atomic E-state index is 0.110. The van der Waals surface area contributed by atoms with Crippen LogP contribution < -0.4 is 10.2 Å². The summed E-state index contributed by atoms with van der Waals surface area (Å²) in [5, 5.41) is 6.22. The van der Waals surface area contributed by atoms with Gasteiger partial charge in [-0.05, 0) is 12.8 Å². The Morgan fingerprint density at radius 3 is 2.92 bits per heavy atom. The number of carbonyl (C=O) groups is 1. The molecular formula is C19H21N5OS. The van der Waals surface area contributed by atoms with E-state index in [1.54, 1.807) is 28.4 Å². The van der Waals surface area contributed by atoms with Gasteiger partial charge in [0.15, 0.2) is 5.13 Å². The third kappa shape index (κ3) is 3.62. The second-order valence-electron chi connectivity index (χ2n) is 6.56. The average Bonchev–Trinajstić information content (AvgIpc) is 3.32. The van der Waals surface area contributed by atoms with E-state index in [-0.39, 0.29) is 11.9 Å². The van der Waals surface area contributed by atoms with Gasteiger partial charge in [0.05, 0.1) is 12.0 Å². The summed E-state index contributed by atoms with van der Waals surface area (Å²) in [6.07, 6.45) is 5.39. The van der Waals surface area contributed by atoms with Crippen LogP contribution in [-0.4, -0.2) is 39.6 Å². The number of aryl methyl sites for hydroxylation is 1. The van der Waals surface area contributed by atoms with E-state index in [0.717, 1.165) is 42.3 Å². The number of imidazole rings is 1. The number of nitrogens with one attached hydrogen (secondary N) is 1. The van der Waals surface area contributed by atoms with Gasteiger partial charge in [-0.25, -0.2) is 9.97 Å². The van der Waals surface area contributed by atoms with Crippen molar-refractivity contribution in [3.05, 3.63) is 53.9 Å². The molecule has 1 aromatic carbocycles. The Balaban J connectivity index is 1.42. The Hall–Kier alpha value is -2.67. The number of thiazole rings is 1. The van der Waals surface area contributed by atoms with Gasteiger partial charge in [0.25, 0.3) is 5.91 Å². The normalized spacial score (nSPS) is 17.3. The van der Waals surface area contributed by atoms with Crippen molar-refractivity contribution >= 4 is 22.4 Å². The van der Waals surface area contributed by atoms with Crippen molar-refractivity contribution in [2.24, 2.45) is 7.05 Å². The molecule has 2 aromatic heterocycles. The maximum atomic E-state index is 12.3. The molecule has 3 heterocycles. The van der Waals surface area contributed by atoms with Crippen LogP contribution in [0.15, 0.2) is 48.2 Å². The molecule has 1 unspecified atom stereocenters. The number of hydrogen-bond donors (Lipinski definition) is 1. The number of hydrogen-bond acceptors (Lipinski definition) is 5. The first-order chi connectivity index (χ1) is 12.7. The first kappa shape index (κ1) is 16.8. The second-order valence-corrected chi connectivity index (χ2v) is 7.40. The fourth-order valence-electron chi connectivity index (χ4n) is 3.21. The molecule has 4 rings (SSSR count). The molecule has 0 saturated carbocycles. The van der Waals surface area contributed by atoms with Crippen LogP contribution in [0.4, 0.5) is 5.13 Å². The highest BCUT2D eigenvalue weighted by atomic mass is 32.1. The van der Waals surface area contributed by atoms with E-state index in [1.807, 2.05) is 25.2 Å². The van der Waals surface area contributed by atoms with E-state index >= 15 is 0 Å². The highest BCUT2D eigenvalue weighted by Gasteiger charge is 2.24. The molecule has 1 amide bonds. The largest absolute Gasteiger partial charge is 0.346 e. The molecule has 6 nitrogen and oxygen atoms in total. The van der Waals surface area contributed by atoms with Gasteiger partial charge in [-0.1, -0.05) is 30.3 Å². The molecule has 3 aromatic rings. The van der Waals surface area contributed by atoms with Gasteiger partial charge < -0.3 is 14.8 Å². The van der Waals surface area contributed by atoms with Crippen LogP contribution in [0, 0.1) is 0 Å². The summed E-state index contributed by atoms with van der Waals surface area (Å²) in [7, 11) is 1.86. The molecule has 0 spiro atoms. The van der Waals surface area contributed by atoms with Crippen molar-refractivity contribution in [2.75, 3.05) is 18.0 Å². The van der Waals surface area contributed by atoms with Crippen molar-refractivity contribution in [1.29, 1.82) is 0 Å². The van der Waals surface area contributed by atoms with Crippen molar-refractivity contribution < 1.29 is 4.79 Å². The van der Waals surface area contributed by atoms with Crippen LogP contribution in [0.5, 0.6) is 0 Å². The van der Waals surface area contributed by atoms with Gasteiger partial charge in [0, 0.05) is 43.3 Å². The van der Waals surface area contributed by atoms with Gasteiger partial charge >= 0.3 is 0 Å². The van der Waals surface area contributed by atoms with Crippen LogP contribution in [0.1, 0.15) is 23.3 Å². The van der Waals surface area contributed by atoms with Crippen LogP contribution in [0.3, 0.4) is 0 Å². The van der Waals surface area contributed by atoms with Gasteiger partial charge in [-0.15, -0.1) is 11.3 Å². The van der Waals surface area contributed by atoms with Crippen LogP contribution >= 0.6 is 11.3 Å². The SMILES string of the molecule is Cn1cnc(C(=O)NC2CCCN(c3nc(-c4ccccc4)cs3)C2)c1. The Kier molecular flexibility index (Phi) is 4.71. The van der Waals surface area contributed by atoms with Crippen molar-refractivity contribution in [3.8, 4) is 11.3 Å². The third-order valence-corrected chi connectivity index (χ3v) is 5.43. The zero-order valence-corrected chi connectivity index (χ0v) is 15.4. The lowest BCUT2D eigenvalue weighted by molar-refractivity contribution is 0.0928. The first-order valence-corrected chi connectivity index (χ1v) is 9.62. The lowest BCUT2D eigenvalue weighted by Crippen LogP contribution is -2.47. The predicted molar refractivity (Wildman–Crippen MR) is 103 cm³/mol. The highest BCUT2D eigenvalue weighted by Crippen LogP contribution is 2.29. The van der Waals surface area contributed by atoms with E-state index in [4.69, 9.17) is 4.98 Å². The lowest BCUT2D eigenvalue weighted by atomic mass is 10.1. The summed E-state index contributed by atoms with van der Waals surface area (Å²) in [5.41, 5.74) is 2.60. The Morgan fingerprint density at radius 1 is 1.31 bits per heavy atom. The molecule has 7 heteroatoms. The van der Waals surface area contributed by atoms with Crippen molar-refractivity contribution in [3.63, 3.8) is 0 Å². The number of piperidine rings is 1. The van der Waals surface area contributed by atoms with E-state index < -0.39 is 0 Å².